The molecule has 122 valence electrons. The number of anilines is 1. The van der Waals surface area contributed by atoms with Gasteiger partial charge in [-0.15, -0.1) is 0 Å². The summed E-state index contributed by atoms with van der Waals surface area (Å²) in [6, 6.07) is 5.54. The van der Waals surface area contributed by atoms with Crippen LogP contribution in [0.5, 0.6) is 0 Å². The van der Waals surface area contributed by atoms with Crippen LogP contribution in [0.2, 0.25) is 5.02 Å². The summed E-state index contributed by atoms with van der Waals surface area (Å²) in [5.41, 5.74) is 1.78. The number of aliphatic hydroxyl groups is 1. The first kappa shape index (κ1) is 17.3. The van der Waals surface area contributed by atoms with Crippen LogP contribution in [-0.2, 0) is 4.79 Å². The SMILES string of the molecule is CCC1(CO)CCN(CC(=O)Nc2ccc(C)c(Cl)c2)CC1. The average molecular weight is 325 g/mol. The van der Waals surface area contributed by atoms with Crippen LogP contribution in [0.3, 0.4) is 0 Å². The fraction of sp³-hybridized carbons (Fsp3) is 0.588. The topological polar surface area (TPSA) is 52.6 Å². The first-order valence-electron chi connectivity index (χ1n) is 7.87. The summed E-state index contributed by atoms with van der Waals surface area (Å²) in [5.74, 6) is -0.0204. The predicted octanol–water partition coefficient (Wildman–Crippen LogP) is 3.07. The number of benzene rings is 1. The fourth-order valence-corrected chi connectivity index (χ4v) is 3.06. The average Bonchev–Trinajstić information content (AvgIpc) is 2.52. The Kier molecular flexibility index (Phi) is 5.84. The third-order valence-electron chi connectivity index (χ3n) is 4.82. The van der Waals surface area contributed by atoms with Crippen molar-refractivity contribution in [2.75, 3.05) is 31.6 Å². The van der Waals surface area contributed by atoms with Crippen molar-refractivity contribution < 1.29 is 9.90 Å². The minimum absolute atomic E-state index is 0.0204. The summed E-state index contributed by atoms with van der Waals surface area (Å²) in [4.78, 5) is 14.3. The molecular weight excluding hydrogens is 300 g/mol. The number of carbonyl (C=O) groups excluding carboxylic acids is 1. The Morgan fingerprint density at radius 3 is 2.64 bits per heavy atom. The molecule has 4 nitrogen and oxygen atoms in total. The van der Waals surface area contributed by atoms with Crippen LogP contribution in [0, 0.1) is 12.3 Å². The Morgan fingerprint density at radius 1 is 1.41 bits per heavy atom. The number of aryl methyl sites for hydroxylation is 1. The van der Waals surface area contributed by atoms with Gasteiger partial charge in [0.25, 0.3) is 0 Å². The molecule has 0 radical (unpaired) electrons. The van der Waals surface area contributed by atoms with Gasteiger partial charge in [-0.25, -0.2) is 0 Å². The van der Waals surface area contributed by atoms with Crippen molar-refractivity contribution in [2.45, 2.75) is 33.1 Å². The number of amides is 1. The first-order valence-corrected chi connectivity index (χ1v) is 8.25. The van der Waals surface area contributed by atoms with Crippen LogP contribution in [-0.4, -0.2) is 42.2 Å². The van der Waals surface area contributed by atoms with Crippen LogP contribution in [0.25, 0.3) is 0 Å². The molecule has 2 rings (SSSR count). The highest BCUT2D eigenvalue weighted by Crippen LogP contribution is 2.34. The quantitative estimate of drug-likeness (QED) is 0.875. The smallest absolute Gasteiger partial charge is 0.238 e. The lowest BCUT2D eigenvalue weighted by Gasteiger charge is -2.39. The number of aliphatic hydroxyl groups excluding tert-OH is 1. The highest BCUT2D eigenvalue weighted by atomic mass is 35.5. The second kappa shape index (κ2) is 7.44. The van der Waals surface area contributed by atoms with E-state index in [9.17, 15) is 9.90 Å². The van der Waals surface area contributed by atoms with Gasteiger partial charge < -0.3 is 10.4 Å². The third-order valence-corrected chi connectivity index (χ3v) is 5.23. The van der Waals surface area contributed by atoms with Gasteiger partial charge in [0.1, 0.15) is 0 Å². The van der Waals surface area contributed by atoms with Crippen molar-refractivity contribution in [3.8, 4) is 0 Å². The van der Waals surface area contributed by atoms with Gasteiger partial charge in [-0.05, 0) is 62.4 Å². The largest absolute Gasteiger partial charge is 0.396 e. The van der Waals surface area contributed by atoms with Gasteiger partial charge in [-0.2, -0.15) is 0 Å². The van der Waals surface area contributed by atoms with E-state index < -0.39 is 0 Å². The minimum atomic E-state index is -0.0204. The zero-order chi connectivity index (χ0) is 16.2. The molecular formula is C17H25ClN2O2. The van der Waals surface area contributed by atoms with E-state index in [1.807, 2.05) is 19.1 Å². The van der Waals surface area contributed by atoms with Crippen LogP contribution in [0.1, 0.15) is 31.7 Å². The molecule has 1 amide bonds. The lowest BCUT2D eigenvalue weighted by molar-refractivity contribution is -0.118. The second-order valence-corrected chi connectivity index (χ2v) is 6.71. The molecule has 0 aliphatic carbocycles. The Labute approximate surface area is 137 Å². The number of piperidine rings is 1. The maximum atomic E-state index is 12.1. The highest BCUT2D eigenvalue weighted by molar-refractivity contribution is 6.31. The van der Waals surface area contributed by atoms with Crippen LogP contribution in [0.15, 0.2) is 18.2 Å². The summed E-state index contributed by atoms with van der Waals surface area (Å²) in [5, 5.41) is 13.1. The van der Waals surface area contributed by atoms with Gasteiger partial charge in [0.2, 0.25) is 5.91 Å². The van der Waals surface area contributed by atoms with E-state index in [1.54, 1.807) is 6.07 Å². The zero-order valence-electron chi connectivity index (χ0n) is 13.4. The maximum Gasteiger partial charge on any atom is 0.238 e. The molecule has 0 spiro atoms. The monoisotopic (exact) mass is 324 g/mol. The van der Waals surface area contributed by atoms with Crippen molar-refractivity contribution in [3.63, 3.8) is 0 Å². The lowest BCUT2D eigenvalue weighted by Crippen LogP contribution is -2.44. The normalized spacial score (nSPS) is 18.2. The molecule has 5 heteroatoms. The summed E-state index contributed by atoms with van der Waals surface area (Å²) >= 11 is 6.07. The number of carbonyl (C=O) groups is 1. The summed E-state index contributed by atoms with van der Waals surface area (Å²) in [6.45, 7) is 6.40. The Morgan fingerprint density at radius 2 is 2.09 bits per heavy atom. The molecule has 0 aromatic heterocycles. The first-order chi connectivity index (χ1) is 10.5. The van der Waals surface area contributed by atoms with E-state index in [0.29, 0.717) is 11.6 Å². The van der Waals surface area contributed by atoms with Gasteiger partial charge in [-0.3, -0.25) is 9.69 Å². The number of halogens is 1. The van der Waals surface area contributed by atoms with Crippen molar-refractivity contribution in [2.24, 2.45) is 5.41 Å². The minimum Gasteiger partial charge on any atom is -0.396 e. The number of hydrogen-bond donors (Lipinski definition) is 2. The van der Waals surface area contributed by atoms with E-state index in [4.69, 9.17) is 11.6 Å². The van der Waals surface area contributed by atoms with Gasteiger partial charge in [0, 0.05) is 17.3 Å². The fourth-order valence-electron chi connectivity index (χ4n) is 2.88. The maximum absolute atomic E-state index is 12.1. The molecule has 1 aliphatic heterocycles. The van der Waals surface area contributed by atoms with Gasteiger partial charge in [0.05, 0.1) is 6.54 Å². The standard InChI is InChI=1S/C17H25ClN2O2/c1-3-17(12-21)6-8-20(9-7-17)11-16(22)19-14-5-4-13(2)15(18)10-14/h4-5,10,21H,3,6-9,11-12H2,1-2H3,(H,19,22). The summed E-state index contributed by atoms with van der Waals surface area (Å²) in [7, 11) is 0. The van der Waals surface area contributed by atoms with Crippen molar-refractivity contribution >= 4 is 23.2 Å². The summed E-state index contributed by atoms with van der Waals surface area (Å²) in [6.07, 6.45) is 2.89. The zero-order valence-corrected chi connectivity index (χ0v) is 14.1. The summed E-state index contributed by atoms with van der Waals surface area (Å²) < 4.78 is 0. The Balaban J connectivity index is 1.84. The van der Waals surface area contributed by atoms with Crippen molar-refractivity contribution in [1.82, 2.24) is 4.90 Å². The molecule has 1 saturated heterocycles. The number of hydrogen-bond acceptors (Lipinski definition) is 3. The Bertz CT molecular complexity index is 519. The molecule has 1 heterocycles. The van der Waals surface area contributed by atoms with Crippen molar-refractivity contribution in [1.29, 1.82) is 0 Å². The Hall–Kier alpha value is -1.10. The van der Waals surface area contributed by atoms with Gasteiger partial charge >= 0.3 is 0 Å². The predicted molar refractivity (Wildman–Crippen MR) is 90.3 cm³/mol. The number of nitrogens with one attached hydrogen (secondary N) is 1. The number of rotatable bonds is 5. The van der Waals surface area contributed by atoms with Crippen LogP contribution >= 0.6 is 11.6 Å². The van der Waals surface area contributed by atoms with Gasteiger partial charge in [-0.1, -0.05) is 24.6 Å². The highest BCUT2D eigenvalue weighted by Gasteiger charge is 2.32. The van der Waals surface area contributed by atoms with E-state index in [0.717, 1.165) is 43.6 Å². The van der Waals surface area contributed by atoms with E-state index in [1.165, 1.54) is 0 Å². The molecule has 0 atom stereocenters. The molecule has 0 bridgehead atoms. The van der Waals surface area contributed by atoms with Gasteiger partial charge in [0.15, 0.2) is 0 Å². The second-order valence-electron chi connectivity index (χ2n) is 6.30. The van der Waals surface area contributed by atoms with E-state index >= 15 is 0 Å². The van der Waals surface area contributed by atoms with Crippen LogP contribution in [0.4, 0.5) is 5.69 Å². The molecule has 22 heavy (non-hydrogen) atoms. The molecule has 1 aromatic carbocycles. The molecule has 1 aromatic rings. The molecule has 0 unspecified atom stereocenters. The molecule has 1 aliphatic rings. The third kappa shape index (κ3) is 4.22. The molecule has 0 saturated carbocycles. The number of nitrogens with zero attached hydrogens (tertiary/aromatic N) is 1. The van der Waals surface area contributed by atoms with E-state index in [2.05, 4.69) is 17.1 Å². The van der Waals surface area contributed by atoms with Crippen LogP contribution < -0.4 is 5.32 Å². The lowest BCUT2D eigenvalue weighted by atomic mass is 9.77. The van der Waals surface area contributed by atoms with E-state index in [-0.39, 0.29) is 17.9 Å². The molecule has 2 N–H and O–H groups in total. The number of likely N-dealkylation sites (tertiary alicyclic amines) is 1. The molecule has 1 fully saturated rings. The van der Waals surface area contributed by atoms with Crippen molar-refractivity contribution in [3.05, 3.63) is 28.8 Å².